The molecule has 1 saturated heterocycles. The lowest BCUT2D eigenvalue weighted by atomic mass is 9.57. The van der Waals surface area contributed by atoms with Crippen LogP contribution in [0.4, 0.5) is 14.6 Å². The summed E-state index contributed by atoms with van der Waals surface area (Å²) in [6, 6.07) is 5.47. The van der Waals surface area contributed by atoms with Crippen LogP contribution in [0.15, 0.2) is 34.9 Å². The zero-order valence-electron chi connectivity index (χ0n) is 15.4. The highest BCUT2D eigenvalue weighted by Gasteiger charge is 2.75. The van der Waals surface area contributed by atoms with Crippen molar-refractivity contribution in [3.05, 3.63) is 57.7 Å². The molecule has 0 radical (unpaired) electrons. The van der Waals surface area contributed by atoms with Gasteiger partial charge in [0, 0.05) is 21.6 Å². The molecule has 0 saturated carbocycles. The monoisotopic (exact) mass is 436 g/mol. The Kier molecular flexibility index (Phi) is 3.82. The van der Waals surface area contributed by atoms with Crippen LogP contribution < -0.4 is 4.90 Å². The first kappa shape index (κ1) is 18.5. The zero-order chi connectivity index (χ0) is 19.8. The first-order valence-electron chi connectivity index (χ1n) is 8.63. The van der Waals surface area contributed by atoms with E-state index in [1.807, 2.05) is 33.8 Å². The Balaban J connectivity index is 1.82. The van der Waals surface area contributed by atoms with Gasteiger partial charge in [0.15, 0.2) is 17.2 Å². The van der Waals surface area contributed by atoms with E-state index in [-0.39, 0.29) is 12.5 Å². The smallest absolute Gasteiger partial charge is 0.266 e. The molecule has 142 valence electrons. The van der Waals surface area contributed by atoms with Crippen LogP contribution in [0.5, 0.6) is 0 Å². The maximum absolute atomic E-state index is 13.6. The van der Waals surface area contributed by atoms with Gasteiger partial charge in [-0.05, 0) is 53.5 Å². The Morgan fingerprint density at radius 2 is 1.85 bits per heavy atom. The fourth-order valence-electron chi connectivity index (χ4n) is 3.99. The van der Waals surface area contributed by atoms with Crippen molar-refractivity contribution < 1.29 is 18.3 Å². The first-order valence-corrected chi connectivity index (χ1v) is 9.43. The highest BCUT2D eigenvalue weighted by atomic mass is 79.9. The van der Waals surface area contributed by atoms with Crippen molar-refractivity contribution in [3.63, 3.8) is 0 Å². The number of anilines is 1. The normalized spacial score (nSPS) is 24.9. The number of hydrogen-bond acceptors (Lipinski definition) is 3. The standard InChI is InChI=1S/C20H19BrF2N2O2/c1-18(2)19(3,4)27-20(18)13-8-12(21)9-24-16(13)25(17(20)26)10-11-5-6-14(22)15(23)7-11/h5-9H,10H2,1-4H3. The van der Waals surface area contributed by atoms with E-state index in [9.17, 15) is 13.6 Å². The first-order chi connectivity index (χ1) is 12.5. The molecule has 27 heavy (non-hydrogen) atoms. The summed E-state index contributed by atoms with van der Waals surface area (Å²) in [5.41, 5.74) is -0.974. The summed E-state index contributed by atoms with van der Waals surface area (Å²) < 4.78 is 33.8. The van der Waals surface area contributed by atoms with Gasteiger partial charge in [-0.25, -0.2) is 13.8 Å². The molecule has 2 aliphatic rings. The van der Waals surface area contributed by atoms with Crippen molar-refractivity contribution >= 4 is 27.7 Å². The zero-order valence-corrected chi connectivity index (χ0v) is 17.0. The SMILES string of the molecule is CC1(C)OC2(C(=O)N(Cc3ccc(F)c(F)c3)c3ncc(Br)cc32)C1(C)C. The van der Waals surface area contributed by atoms with Gasteiger partial charge in [-0.1, -0.05) is 19.9 Å². The number of amides is 1. The number of fused-ring (bicyclic) bond motifs is 2. The minimum atomic E-state index is -1.15. The Bertz CT molecular complexity index is 976. The van der Waals surface area contributed by atoms with E-state index < -0.39 is 28.3 Å². The van der Waals surface area contributed by atoms with Gasteiger partial charge in [-0.15, -0.1) is 0 Å². The fourth-order valence-corrected chi connectivity index (χ4v) is 4.32. The van der Waals surface area contributed by atoms with Gasteiger partial charge in [0.25, 0.3) is 5.91 Å². The molecular weight excluding hydrogens is 418 g/mol. The molecule has 1 aromatic carbocycles. The number of hydrogen-bond donors (Lipinski definition) is 0. The number of aromatic nitrogens is 1. The third-order valence-corrected chi connectivity index (χ3v) is 6.57. The van der Waals surface area contributed by atoms with Crippen LogP contribution >= 0.6 is 15.9 Å². The molecule has 1 aromatic heterocycles. The number of ether oxygens (including phenoxy) is 1. The number of nitrogens with zero attached hydrogens (tertiary/aromatic N) is 2. The van der Waals surface area contributed by atoms with Gasteiger partial charge >= 0.3 is 0 Å². The van der Waals surface area contributed by atoms with Crippen LogP contribution in [-0.4, -0.2) is 16.5 Å². The molecule has 0 aliphatic carbocycles. The minimum absolute atomic E-state index is 0.0826. The largest absolute Gasteiger partial charge is 0.353 e. The highest BCUT2D eigenvalue weighted by Crippen LogP contribution is 2.66. The van der Waals surface area contributed by atoms with E-state index in [0.717, 1.165) is 16.6 Å². The fraction of sp³-hybridized carbons (Fsp3) is 0.400. The molecule has 2 aliphatic heterocycles. The van der Waals surface area contributed by atoms with Gasteiger partial charge < -0.3 is 4.74 Å². The number of carbonyl (C=O) groups is 1. The minimum Gasteiger partial charge on any atom is -0.353 e. The van der Waals surface area contributed by atoms with Gasteiger partial charge in [-0.2, -0.15) is 0 Å². The second kappa shape index (κ2) is 5.58. The van der Waals surface area contributed by atoms with Crippen molar-refractivity contribution in [3.8, 4) is 0 Å². The van der Waals surface area contributed by atoms with Gasteiger partial charge in [-0.3, -0.25) is 9.69 Å². The molecular formula is C20H19BrF2N2O2. The summed E-state index contributed by atoms with van der Waals surface area (Å²) in [6.07, 6.45) is 1.61. The predicted molar refractivity (Wildman–Crippen MR) is 100 cm³/mol. The molecule has 0 bridgehead atoms. The van der Waals surface area contributed by atoms with Crippen LogP contribution in [0, 0.1) is 17.0 Å². The molecule has 4 nitrogen and oxygen atoms in total. The molecule has 1 unspecified atom stereocenters. The molecule has 1 amide bonds. The number of rotatable bonds is 2. The Morgan fingerprint density at radius 3 is 2.44 bits per heavy atom. The van der Waals surface area contributed by atoms with Crippen LogP contribution in [0.2, 0.25) is 0 Å². The maximum atomic E-state index is 13.6. The molecule has 3 heterocycles. The van der Waals surface area contributed by atoms with Gasteiger partial charge in [0.1, 0.15) is 5.82 Å². The summed E-state index contributed by atoms with van der Waals surface area (Å²) in [5, 5.41) is 0. The highest BCUT2D eigenvalue weighted by molar-refractivity contribution is 9.10. The van der Waals surface area contributed by atoms with E-state index in [4.69, 9.17) is 4.74 Å². The second-order valence-corrected chi connectivity index (χ2v) is 9.00. The average molecular weight is 437 g/mol. The Morgan fingerprint density at radius 1 is 1.15 bits per heavy atom. The third kappa shape index (κ3) is 2.27. The molecule has 1 fully saturated rings. The average Bonchev–Trinajstić information content (AvgIpc) is 2.81. The van der Waals surface area contributed by atoms with E-state index in [2.05, 4.69) is 20.9 Å². The quantitative estimate of drug-likeness (QED) is 0.684. The van der Waals surface area contributed by atoms with Crippen molar-refractivity contribution in [2.45, 2.75) is 45.4 Å². The lowest BCUT2D eigenvalue weighted by molar-refractivity contribution is -0.342. The van der Waals surface area contributed by atoms with Crippen molar-refractivity contribution in [1.29, 1.82) is 0 Å². The molecule has 1 spiro atoms. The van der Waals surface area contributed by atoms with Crippen molar-refractivity contribution in [2.24, 2.45) is 5.41 Å². The Labute approximate surface area is 164 Å². The summed E-state index contributed by atoms with van der Waals surface area (Å²) in [7, 11) is 0. The number of halogens is 3. The molecule has 1 atom stereocenters. The molecule has 4 rings (SSSR count). The van der Waals surface area contributed by atoms with Crippen molar-refractivity contribution in [2.75, 3.05) is 4.90 Å². The van der Waals surface area contributed by atoms with E-state index in [1.165, 1.54) is 11.0 Å². The maximum Gasteiger partial charge on any atom is 0.266 e. The topological polar surface area (TPSA) is 42.4 Å². The number of benzene rings is 1. The molecule has 0 N–H and O–H groups in total. The van der Waals surface area contributed by atoms with Crippen molar-refractivity contribution in [1.82, 2.24) is 4.98 Å². The Hall–Kier alpha value is -1.86. The molecule has 2 aromatic rings. The van der Waals surface area contributed by atoms with E-state index in [1.54, 1.807) is 6.20 Å². The summed E-state index contributed by atoms with van der Waals surface area (Å²) in [4.78, 5) is 19.4. The van der Waals surface area contributed by atoms with E-state index in [0.29, 0.717) is 16.9 Å². The van der Waals surface area contributed by atoms with Crippen LogP contribution in [0.3, 0.4) is 0 Å². The van der Waals surface area contributed by atoms with Gasteiger partial charge in [0.2, 0.25) is 0 Å². The number of carbonyl (C=O) groups excluding carboxylic acids is 1. The summed E-state index contributed by atoms with van der Waals surface area (Å²) in [5.74, 6) is -1.62. The third-order valence-electron chi connectivity index (χ3n) is 6.13. The van der Waals surface area contributed by atoms with Crippen LogP contribution in [0.1, 0.15) is 38.8 Å². The molecule has 7 heteroatoms. The summed E-state index contributed by atoms with van der Waals surface area (Å²) >= 11 is 3.42. The van der Waals surface area contributed by atoms with Crippen LogP contribution in [0.25, 0.3) is 0 Å². The summed E-state index contributed by atoms with van der Waals surface area (Å²) in [6.45, 7) is 7.99. The second-order valence-electron chi connectivity index (χ2n) is 8.08. The number of pyridine rings is 1. The van der Waals surface area contributed by atoms with E-state index >= 15 is 0 Å². The lowest BCUT2D eigenvalue weighted by Crippen LogP contribution is -2.72. The van der Waals surface area contributed by atoms with Gasteiger partial charge in [0.05, 0.1) is 12.1 Å². The predicted octanol–water partition coefficient (Wildman–Crippen LogP) is 4.70. The lowest BCUT2D eigenvalue weighted by Gasteiger charge is -2.63. The van der Waals surface area contributed by atoms with Crippen LogP contribution in [-0.2, 0) is 21.7 Å².